The summed E-state index contributed by atoms with van der Waals surface area (Å²) >= 11 is 0. The number of benzene rings is 1. The zero-order chi connectivity index (χ0) is 20.1. The topological polar surface area (TPSA) is 89.8 Å². The predicted octanol–water partition coefficient (Wildman–Crippen LogP) is 2.25. The third kappa shape index (κ3) is 5.06. The molecule has 0 amide bonds. The Hall–Kier alpha value is -1.59. The van der Waals surface area contributed by atoms with E-state index in [9.17, 15) is 20.1 Å². The standard InChI is InChI=1S/C23H34O5/c1-2-3-4-7-17(24)9-10-18-19-11-15-6-5-8-22(28-14-23(26)27)20(15)12-16(19)13-21(18)25/h5-6,8,16-19,21,24-25H,2-4,7,9-14H2,1H3,(H,26,27)/p-1/t16-,17-,18+,19-,21+/m0/s1. The Morgan fingerprint density at radius 2 is 2.11 bits per heavy atom. The Balaban J connectivity index is 1.62. The molecule has 1 aromatic carbocycles. The van der Waals surface area contributed by atoms with Gasteiger partial charge in [-0.1, -0.05) is 38.3 Å². The number of aliphatic carboxylic acids is 1. The Morgan fingerprint density at radius 3 is 2.86 bits per heavy atom. The largest absolute Gasteiger partial charge is 0.546 e. The Morgan fingerprint density at radius 1 is 1.29 bits per heavy atom. The van der Waals surface area contributed by atoms with Crippen LogP contribution < -0.4 is 9.84 Å². The van der Waals surface area contributed by atoms with Gasteiger partial charge in [0, 0.05) is 0 Å². The normalized spacial score (nSPS) is 27.1. The molecule has 0 aliphatic heterocycles. The lowest BCUT2D eigenvalue weighted by molar-refractivity contribution is -0.307. The molecule has 1 fully saturated rings. The number of hydrogen-bond donors (Lipinski definition) is 2. The monoisotopic (exact) mass is 389 g/mol. The lowest BCUT2D eigenvalue weighted by Gasteiger charge is -2.32. The van der Waals surface area contributed by atoms with Crippen LogP contribution in [0.25, 0.3) is 0 Å². The molecule has 0 heterocycles. The number of aliphatic hydroxyl groups excluding tert-OH is 2. The third-order valence-corrected chi connectivity index (χ3v) is 6.67. The summed E-state index contributed by atoms with van der Waals surface area (Å²) in [5.74, 6) is 0.440. The number of carboxylic acids is 1. The summed E-state index contributed by atoms with van der Waals surface area (Å²) in [4.78, 5) is 10.7. The van der Waals surface area contributed by atoms with Gasteiger partial charge >= 0.3 is 0 Å². The molecular weight excluding hydrogens is 356 g/mol. The predicted molar refractivity (Wildman–Crippen MR) is 105 cm³/mol. The quantitative estimate of drug-likeness (QED) is 0.599. The molecule has 2 aliphatic carbocycles. The molecule has 3 rings (SSSR count). The molecule has 0 saturated heterocycles. The highest BCUT2D eigenvalue weighted by atomic mass is 16.5. The van der Waals surface area contributed by atoms with Crippen molar-refractivity contribution < 1.29 is 24.9 Å². The molecule has 0 spiro atoms. The van der Waals surface area contributed by atoms with Gasteiger partial charge in [-0.2, -0.15) is 0 Å². The van der Waals surface area contributed by atoms with Crippen molar-refractivity contribution in [3.05, 3.63) is 29.3 Å². The number of carboxylic acid groups (broad SMARTS) is 1. The molecular formula is C23H33O5-. The van der Waals surface area contributed by atoms with E-state index in [1.54, 1.807) is 0 Å². The summed E-state index contributed by atoms with van der Waals surface area (Å²) < 4.78 is 5.44. The van der Waals surface area contributed by atoms with Crippen molar-refractivity contribution in [3.8, 4) is 5.75 Å². The van der Waals surface area contributed by atoms with E-state index in [2.05, 4.69) is 13.0 Å². The first-order valence-corrected chi connectivity index (χ1v) is 10.8. The minimum absolute atomic E-state index is 0.228. The average Bonchev–Trinajstić information content (AvgIpc) is 2.97. The second kappa shape index (κ2) is 9.75. The number of fused-ring (bicyclic) bond motifs is 2. The van der Waals surface area contributed by atoms with E-state index >= 15 is 0 Å². The van der Waals surface area contributed by atoms with E-state index in [-0.39, 0.29) is 18.1 Å². The van der Waals surface area contributed by atoms with Crippen LogP contribution >= 0.6 is 0 Å². The third-order valence-electron chi connectivity index (χ3n) is 6.67. The zero-order valence-electron chi connectivity index (χ0n) is 16.8. The van der Waals surface area contributed by atoms with Crippen LogP contribution in [0, 0.1) is 17.8 Å². The van der Waals surface area contributed by atoms with Gasteiger partial charge in [-0.05, 0) is 73.5 Å². The van der Waals surface area contributed by atoms with Gasteiger partial charge in [0.25, 0.3) is 0 Å². The van der Waals surface area contributed by atoms with Crippen LogP contribution in [0.5, 0.6) is 5.75 Å². The molecule has 5 atom stereocenters. The fourth-order valence-corrected chi connectivity index (χ4v) is 5.24. The van der Waals surface area contributed by atoms with Crippen LogP contribution in [-0.4, -0.2) is 35.0 Å². The molecule has 0 radical (unpaired) electrons. The molecule has 28 heavy (non-hydrogen) atoms. The molecule has 2 N–H and O–H groups in total. The van der Waals surface area contributed by atoms with E-state index in [0.29, 0.717) is 17.6 Å². The number of hydrogen-bond acceptors (Lipinski definition) is 5. The van der Waals surface area contributed by atoms with Gasteiger partial charge in [-0.3, -0.25) is 0 Å². The minimum atomic E-state index is -1.22. The Kier molecular flexibility index (Phi) is 7.36. The summed E-state index contributed by atoms with van der Waals surface area (Å²) in [5.41, 5.74) is 2.28. The van der Waals surface area contributed by atoms with Gasteiger partial charge in [0.2, 0.25) is 0 Å². The first-order valence-electron chi connectivity index (χ1n) is 10.8. The van der Waals surface area contributed by atoms with Crippen molar-refractivity contribution in [1.82, 2.24) is 0 Å². The highest BCUT2D eigenvalue weighted by Crippen LogP contribution is 2.48. The Bertz CT molecular complexity index is 658. The fraction of sp³-hybridized carbons (Fsp3) is 0.696. The molecule has 2 aliphatic rings. The number of ether oxygens (including phenoxy) is 1. The molecule has 5 nitrogen and oxygen atoms in total. The SMILES string of the molecule is CCCCC[C@H](O)CC[C@@H]1[C@H]2Cc3cccc(OCC(=O)[O-])c3C[C@H]2C[C@H]1O. The number of aliphatic hydroxyl groups is 2. The van der Waals surface area contributed by atoms with Gasteiger partial charge in [0.05, 0.1) is 18.2 Å². The molecule has 0 unspecified atom stereocenters. The minimum Gasteiger partial charge on any atom is -0.546 e. The highest BCUT2D eigenvalue weighted by molar-refractivity contribution is 5.66. The second-order valence-corrected chi connectivity index (χ2v) is 8.58. The lowest BCUT2D eigenvalue weighted by Crippen LogP contribution is -2.30. The second-order valence-electron chi connectivity index (χ2n) is 8.58. The number of rotatable bonds is 10. The van der Waals surface area contributed by atoms with Crippen LogP contribution in [0.1, 0.15) is 63.0 Å². The number of carbonyl (C=O) groups is 1. The van der Waals surface area contributed by atoms with Crippen LogP contribution in [0.2, 0.25) is 0 Å². The summed E-state index contributed by atoms with van der Waals surface area (Å²) in [7, 11) is 0. The maximum atomic E-state index is 10.7. The van der Waals surface area contributed by atoms with Crippen molar-refractivity contribution in [2.24, 2.45) is 17.8 Å². The van der Waals surface area contributed by atoms with E-state index in [1.165, 1.54) is 5.56 Å². The van der Waals surface area contributed by atoms with Crippen molar-refractivity contribution in [1.29, 1.82) is 0 Å². The van der Waals surface area contributed by atoms with Crippen molar-refractivity contribution in [2.75, 3.05) is 6.61 Å². The summed E-state index contributed by atoms with van der Waals surface area (Å²) in [6.45, 7) is 1.73. The van der Waals surface area contributed by atoms with Crippen LogP contribution in [0.4, 0.5) is 0 Å². The molecule has 0 aromatic heterocycles. The summed E-state index contributed by atoms with van der Waals surface area (Å²) in [6, 6.07) is 5.80. The average molecular weight is 390 g/mol. The molecule has 0 bridgehead atoms. The Labute approximate surface area is 167 Å². The van der Waals surface area contributed by atoms with E-state index in [4.69, 9.17) is 4.74 Å². The molecule has 1 saturated carbocycles. The molecule has 1 aromatic rings. The zero-order valence-corrected chi connectivity index (χ0v) is 16.8. The maximum absolute atomic E-state index is 10.7. The lowest BCUT2D eigenvalue weighted by atomic mass is 9.73. The van der Waals surface area contributed by atoms with E-state index in [1.807, 2.05) is 12.1 Å². The van der Waals surface area contributed by atoms with Gasteiger partial charge in [0.15, 0.2) is 0 Å². The van der Waals surface area contributed by atoms with Gasteiger partial charge < -0.3 is 24.9 Å². The summed E-state index contributed by atoms with van der Waals surface area (Å²) in [5, 5.41) is 31.7. The fourth-order valence-electron chi connectivity index (χ4n) is 5.24. The van der Waals surface area contributed by atoms with Crippen LogP contribution in [-0.2, 0) is 17.6 Å². The molecule has 156 valence electrons. The van der Waals surface area contributed by atoms with Crippen molar-refractivity contribution in [2.45, 2.75) is 76.9 Å². The van der Waals surface area contributed by atoms with Crippen LogP contribution in [0.3, 0.4) is 0 Å². The van der Waals surface area contributed by atoms with Crippen molar-refractivity contribution >= 4 is 5.97 Å². The van der Waals surface area contributed by atoms with Gasteiger partial charge in [-0.15, -0.1) is 0 Å². The highest BCUT2D eigenvalue weighted by Gasteiger charge is 2.44. The smallest absolute Gasteiger partial charge is 0.128 e. The van der Waals surface area contributed by atoms with Gasteiger partial charge in [-0.25, -0.2) is 0 Å². The number of unbranched alkanes of at least 4 members (excludes halogenated alkanes) is 2. The van der Waals surface area contributed by atoms with E-state index < -0.39 is 12.6 Å². The van der Waals surface area contributed by atoms with Gasteiger partial charge in [0.1, 0.15) is 12.4 Å². The first-order chi connectivity index (χ1) is 13.5. The first kappa shape index (κ1) is 21.1. The number of carbonyl (C=O) groups excluding carboxylic acids is 1. The molecule has 5 heteroatoms. The van der Waals surface area contributed by atoms with E-state index in [0.717, 1.165) is 63.4 Å². The van der Waals surface area contributed by atoms with Crippen LogP contribution in [0.15, 0.2) is 18.2 Å². The van der Waals surface area contributed by atoms with Crippen molar-refractivity contribution in [3.63, 3.8) is 0 Å². The summed E-state index contributed by atoms with van der Waals surface area (Å²) in [6.07, 6.45) is 7.76. The maximum Gasteiger partial charge on any atom is 0.128 e.